The molecule has 1 atom stereocenters. The van der Waals surface area contributed by atoms with Crippen molar-refractivity contribution in [1.82, 2.24) is 0 Å². The Hall–Kier alpha value is -2.14. The fourth-order valence-electron chi connectivity index (χ4n) is 3.97. The lowest BCUT2D eigenvalue weighted by atomic mass is 9.92. The largest absolute Gasteiger partial charge is 0.416 e. The molecule has 0 amide bonds. The number of carbonyl (C=O) groups excluding carboxylic acids is 1. The van der Waals surface area contributed by atoms with Gasteiger partial charge in [-0.1, -0.05) is 72.4 Å². The molecule has 0 bridgehead atoms. The number of carbonyl (C=O) groups is 1. The van der Waals surface area contributed by atoms with Crippen molar-refractivity contribution in [1.29, 1.82) is 0 Å². The van der Waals surface area contributed by atoms with Gasteiger partial charge >= 0.3 is 6.18 Å². The highest BCUT2D eigenvalue weighted by Crippen LogP contribution is 2.35. The van der Waals surface area contributed by atoms with Crippen LogP contribution in [-0.2, 0) is 11.0 Å². The van der Waals surface area contributed by atoms with Gasteiger partial charge in [0.05, 0.1) is 13.6 Å². The minimum Gasteiger partial charge on any atom is -0.299 e. The number of rotatable bonds is 4. The van der Waals surface area contributed by atoms with Crippen LogP contribution in [0.1, 0.15) is 42.4 Å². The first-order valence-electron chi connectivity index (χ1n) is 9.62. The zero-order chi connectivity index (χ0) is 20.4. The van der Waals surface area contributed by atoms with E-state index in [0.29, 0.717) is 12.8 Å². The molecule has 0 radical (unpaired) electrons. The van der Waals surface area contributed by atoms with Crippen LogP contribution < -0.4 is 5.19 Å². The van der Waals surface area contributed by atoms with E-state index in [9.17, 15) is 18.0 Å². The Balaban J connectivity index is 2.04. The molecule has 0 saturated heterocycles. The van der Waals surface area contributed by atoms with Crippen LogP contribution in [0.15, 0.2) is 66.2 Å². The average Bonchev–Trinajstić information content (AvgIpc) is 2.66. The summed E-state index contributed by atoms with van der Waals surface area (Å²) in [6, 6.07) is 15.7. The summed E-state index contributed by atoms with van der Waals surface area (Å²) >= 11 is 0. The Morgan fingerprint density at radius 2 is 1.61 bits per heavy atom. The molecule has 2 aromatic carbocycles. The number of benzene rings is 2. The Bertz CT molecular complexity index is 852. The quantitative estimate of drug-likeness (QED) is 0.452. The average molecular weight is 403 g/mol. The summed E-state index contributed by atoms with van der Waals surface area (Å²) in [6.07, 6.45) is 0.686. The van der Waals surface area contributed by atoms with E-state index in [1.54, 1.807) is 12.1 Å². The number of alkyl halides is 3. The highest BCUT2D eigenvalue weighted by atomic mass is 28.3. The lowest BCUT2D eigenvalue weighted by Crippen LogP contribution is -2.47. The van der Waals surface area contributed by atoms with E-state index in [2.05, 4.69) is 31.3 Å². The molecular formula is C23H25F3OSi. The highest BCUT2D eigenvalue weighted by molar-refractivity contribution is 6.91. The first kappa shape index (κ1) is 20.6. The van der Waals surface area contributed by atoms with Gasteiger partial charge < -0.3 is 0 Å². The van der Waals surface area contributed by atoms with Crippen molar-refractivity contribution < 1.29 is 18.0 Å². The summed E-state index contributed by atoms with van der Waals surface area (Å²) in [6.45, 7) is 4.48. The summed E-state index contributed by atoms with van der Waals surface area (Å²) in [5.41, 5.74) is 1.39. The summed E-state index contributed by atoms with van der Waals surface area (Å²) in [4.78, 5) is 11.9. The minimum atomic E-state index is -4.34. The van der Waals surface area contributed by atoms with E-state index in [4.69, 9.17) is 0 Å². The maximum absolute atomic E-state index is 13.0. The summed E-state index contributed by atoms with van der Waals surface area (Å²) in [5.74, 6) is 0.253. The number of ketones is 1. The molecule has 0 aliphatic heterocycles. The molecule has 1 nitrogen and oxygen atoms in total. The van der Waals surface area contributed by atoms with Gasteiger partial charge in [0.15, 0.2) is 0 Å². The van der Waals surface area contributed by atoms with Crippen molar-refractivity contribution in [2.24, 2.45) is 0 Å². The van der Waals surface area contributed by atoms with Crippen LogP contribution in [-0.4, -0.2) is 13.9 Å². The lowest BCUT2D eigenvalue weighted by Gasteiger charge is -2.33. The lowest BCUT2D eigenvalue weighted by molar-refractivity contribution is -0.137. The monoisotopic (exact) mass is 402 g/mol. The third-order valence-electron chi connectivity index (χ3n) is 5.67. The molecule has 1 aliphatic rings. The van der Waals surface area contributed by atoms with Gasteiger partial charge in [0.2, 0.25) is 0 Å². The van der Waals surface area contributed by atoms with Crippen LogP contribution in [0.2, 0.25) is 13.1 Å². The van der Waals surface area contributed by atoms with Crippen LogP contribution >= 0.6 is 0 Å². The first-order valence-corrected chi connectivity index (χ1v) is 12.7. The summed E-state index contributed by atoms with van der Waals surface area (Å²) in [7, 11) is -2.09. The Morgan fingerprint density at radius 3 is 2.18 bits per heavy atom. The normalized spacial score (nSPS) is 18.3. The van der Waals surface area contributed by atoms with E-state index in [1.807, 2.05) is 18.2 Å². The minimum absolute atomic E-state index is 0.0121. The van der Waals surface area contributed by atoms with Gasteiger partial charge in [-0.05, 0) is 30.5 Å². The van der Waals surface area contributed by atoms with Crippen molar-refractivity contribution in [3.8, 4) is 0 Å². The fourth-order valence-corrected chi connectivity index (χ4v) is 7.06. The van der Waals surface area contributed by atoms with Gasteiger partial charge in [-0.15, -0.1) is 0 Å². The third kappa shape index (κ3) is 4.63. The van der Waals surface area contributed by atoms with E-state index >= 15 is 0 Å². The van der Waals surface area contributed by atoms with Crippen LogP contribution in [0, 0.1) is 0 Å². The summed E-state index contributed by atoms with van der Waals surface area (Å²) < 4.78 is 39.0. The molecule has 2 aromatic rings. The van der Waals surface area contributed by atoms with E-state index in [1.165, 1.54) is 17.3 Å². The molecule has 0 N–H and O–H groups in total. The van der Waals surface area contributed by atoms with Gasteiger partial charge in [0.25, 0.3) is 0 Å². The molecular weight excluding hydrogens is 377 g/mol. The van der Waals surface area contributed by atoms with E-state index in [-0.39, 0.29) is 11.3 Å². The Kier molecular flexibility index (Phi) is 5.94. The number of Topliss-reactive ketones (excluding diaryl/α,β-unsaturated/α-hetero) is 1. The number of hydrogen-bond donors (Lipinski definition) is 0. The predicted molar refractivity (Wildman–Crippen MR) is 109 cm³/mol. The van der Waals surface area contributed by atoms with Crippen LogP contribution in [0.4, 0.5) is 13.2 Å². The highest BCUT2D eigenvalue weighted by Gasteiger charge is 2.35. The molecule has 3 rings (SSSR count). The molecule has 0 aromatic heterocycles. The second-order valence-corrected chi connectivity index (χ2v) is 12.7. The van der Waals surface area contributed by atoms with E-state index < -0.39 is 19.8 Å². The summed E-state index contributed by atoms with van der Waals surface area (Å²) in [5, 5.41) is 1.25. The van der Waals surface area contributed by atoms with Crippen molar-refractivity contribution in [3.63, 3.8) is 0 Å². The second-order valence-electron chi connectivity index (χ2n) is 8.08. The Labute approximate surface area is 165 Å². The van der Waals surface area contributed by atoms with Crippen LogP contribution in [0.5, 0.6) is 0 Å². The van der Waals surface area contributed by atoms with Crippen molar-refractivity contribution in [2.75, 3.05) is 0 Å². The van der Waals surface area contributed by atoms with Gasteiger partial charge in [-0.3, -0.25) is 4.79 Å². The standard InChI is InChI=1S/C23H25F3OSi/c1-28(2,21-9-4-3-5-10-21)22(16-17-7-6-8-20(27)15-17)18-11-13-19(14-12-18)23(24,25)26/h3-5,9-14,16,22H,6-8,15H2,1-2H3/b17-16-/t22-/m1/s1. The molecule has 0 unspecified atom stereocenters. The molecule has 1 aliphatic carbocycles. The topological polar surface area (TPSA) is 17.1 Å². The smallest absolute Gasteiger partial charge is 0.299 e. The fraction of sp³-hybridized carbons (Fsp3) is 0.348. The molecule has 28 heavy (non-hydrogen) atoms. The SMILES string of the molecule is C[Si](C)(c1ccccc1)[C@H](/C=C1/CCCC(=O)C1)c1ccc(C(F)(F)F)cc1. The van der Waals surface area contributed by atoms with Gasteiger partial charge in [0, 0.05) is 18.4 Å². The predicted octanol–water partition coefficient (Wildman–Crippen LogP) is 6.01. The molecule has 5 heteroatoms. The van der Waals surface area contributed by atoms with Gasteiger partial charge in [0.1, 0.15) is 5.78 Å². The molecule has 1 fully saturated rings. The van der Waals surface area contributed by atoms with E-state index in [0.717, 1.165) is 24.0 Å². The molecule has 148 valence electrons. The first-order chi connectivity index (χ1) is 13.2. The van der Waals surface area contributed by atoms with Crippen LogP contribution in [0.25, 0.3) is 0 Å². The molecule has 1 saturated carbocycles. The van der Waals surface area contributed by atoms with Crippen molar-refractivity contribution >= 4 is 19.0 Å². The number of hydrogen-bond acceptors (Lipinski definition) is 1. The Morgan fingerprint density at radius 1 is 0.964 bits per heavy atom. The van der Waals surface area contributed by atoms with Crippen LogP contribution in [0.3, 0.4) is 0 Å². The van der Waals surface area contributed by atoms with Crippen molar-refractivity contribution in [3.05, 3.63) is 77.4 Å². The third-order valence-corrected chi connectivity index (χ3v) is 9.55. The number of allylic oxidation sites excluding steroid dienone is 2. The number of halogens is 3. The second kappa shape index (κ2) is 8.07. The van der Waals surface area contributed by atoms with Crippen molar-refractivity contribution in [2.45, 2.75) is 50.5 Å². The maximum atomic E-state index is 13.0. The molecule has 0 heterocycles. The zero-order valence-corrected chi connectivity index (χ0v) is 17.2. The van der Waals surface area contributed by atoms with Gasteiger partial charge in [-0.25, -0.2) is 0 Å². The van der Waals surface area contributed by atoms with Gasteiger partial charge in [-0.2, -0.15) is 13.2 Å². The zero-order valence-electron chi connectivity index (χ0n) is 16.2. The molecule has 0 spiro atoms. The maximum Gasteiger partial charge on any atom is 0.416 e.